The van der Waals surface area contributed by atoms with Crippen molar-refractivity contribution < 1.29 is 9.53 Å². The lowest BCUT2D eigenvalue weighted by atomic mass is 10.0. The van der Waals surface area contributed by atoms with E-state index in [1.165, 1.54) is 6.33 Å². The van der Waals surface area contributed by atoms with Crippen molar-refractivity contribution >= 4 is 5.91 Å². The minimum Gasteiger partial charge on any atom is -0.439 e. The summed E-state index contributed by atoms with van der Waals surface area (Å²) in [4.78, 5) is 37.5. The van der Waals surface area contributed by atoms with Crippen molar-refractivity contribution in [2.45, 2.75) is 39.2 Å². The number of carbonyl (C=O) groups excluding carboxylic acids is 1. The Balaban J connectivity index is 1.42. The topological polar surface area (TPSA) is 94.0 Å². The van der Waals surface area contributed by atoms with Gasteiger partial charge < -0.3 is 9.64 Å². The van der Waals surface area contributed by atoms with Gasteiger partial charge in [0.1, 0.15) is 17.8 Å². The van der Waals surface area contributed by atoms with Gasteiger partial charge in [-0.2, -0.15) is 4.98 Å². The normalized spacial score (nSPS) is 15.6. The number of ether oxygens (including phenoxy) is 1. The van der Waals surface area contributed by atoms with Crippen molar-refractivity contribution in [3.63, 3.8) is 0 Å². The van der Waals surface area contributed by atoms with Crippen molar-refractivity contribution in [2.24, 2.45) is 0 Å². The van der Waals surface area contributed by atoms with Gasteiger partial charge in [0.05, 0.1) is 11.7 Å². The van der Waals surface area contributed by atoms with E-state index in [9.17, 15) is 4.79 Å². The van der Waals surface area contributed by atoms with Crippen molar-refractivity contribution in [1.29, 1.82) is 0 Å². The first kappa shape index (κ1) is 22.6. The molecule has 1 fully saturated rings. The fourth-order valence-electron chi connectivity index (χ4n) is 4.23. The summed E-state index contributed by atoms with van der Waals surface area (Å²) in [7, 11) is 0. The molecule has 0 unspecified atom stereocenters. The van der Waals surface area contributed by atoms with Crippen molar-refractivity contribution in [3.05, 3.63) is 90.0 Å². The van der Waals surface area contributed by atoms with Gasteiger partial charge in [-0.3, -0.25) is 4.79 Å². The molecule has 0 spiro atoms. The van der Waals surface area contributed by atoms with Crippen LogP contribution in [0.15, 0.2) is 67.3 Å². The van der Waals surface area contributed by atoms with Crippen LogP contribution in [0.3, 0.4) is 0 Å². The predicted octanol–water partition coefficient (Wildman–Crippen LogP) is 5.11. The highest BCUT2D eigenvalue weighted by Crippen LogP contribution is 2.32. The third kappa shape index (κ3) is 5.16. The molecule has 176 valence electrons. The summed E-state index contributed by atoms with van der Waals surface area (Å²) in [6, 6.07) is 14.8. The number of aryl methyl sites for hydroxylation is 2. The van der Waals surface area contributed by atoms with E-state index in [-0.39, 0.29) is 11.9 Å². The van der Waals surface area contributed by atoms with Crippen LogP contribution in [-0.4, -0.2) is 42.3 Å². The second kappa shape index (κ2) is 9.97. The van der Waals surface area contributed by atoms with E-state index in [4.69, 9.17) is 9.72 Å². The fourth-order valence-corrected chi connectivity index (χ4v) is 4.23. The minimum atomic E-state index is -0.248. The number of pyridine rings is 1. The Hall–Kier alpha value is -4.20. The van der Waals surface area contributed by atoms with Gasteiger partial charge in [0.15, 0.2) is 5.82 Å². The Morgan fingerprint density at radius 2 is 1.77 bits per heavy atom. The summed E-state index contributed by atoms with van der Waals surface area (Å²) in [5.74, 6) is 1.63. The highest BCUT2D eigenvalue weighted by molar-refractivity contribution is 5.93. The van der Waals surface area contributed by atoms with Gasteiger partial charge in [0.25, 0.3) is 5.91 Å². The zero-order valence-corrected chi connectivity index (χ0v) is 19.8. The van der Waals surface area contributed by atoms with E-state index < -0.39 is 0 Å². The Kier molecular flexibility index (Phi) is 6.43. The zero-order valence-electron chi connectivity index (χ0n) is 19.8. The Bertz CT molecular complexity index is 1330. The molecular weight excluding hydrogens is 440 g/mol. The molecule has 1 amide bonds. The molecule has 8 nitrogen and oxygen atoms in total. The van der Waals surface area contributed by atoms with Crippen LogP contribution in [0.25, 0.3) is 11.3 Å². The SMILES string of the molecule is Cc1ccc(Oc2cc(C)nc([C@@H]3CCCCN3C(=O)c3cccc(-c4cncnc4)n3)n2)cc1. The summed E-state index contributed by atoms with van der Waals surface area (Å²) >= 11 is 0. The van der Waals surface area contributed by atoms with Crippen LogP contribution in [0, 0.1) is 13.8 Å². The fraction of sp³-hybridized carbons (Fsp3) is 0.259. The van der Waals surface area contributed by atoms with Crippen LogP contribution < -0.4 is 4.74 Å². The molecule has 0 aliphatic carbocycles. The van der Waals surface area contributed by atoms with Gasteiger partial charge in [-0.1, -0.05) is 23.8 Å². The number of likely N-dealkylation sites (tertiary alicyclic amines) is 1. The van der Waals surface area contributed by atoms with E-state index in [0.29, 0.717) is 35.4 Å². The van der Waals surface area contributed by atoms with Crippen LogP contribution in [0.4, 0.5) is 0 Å². The molecule has 1 saturated heterocycles. The molecule has 35 heavy (non-hydrogen) atoms. The van der Waals surface area contributed by atoms with Gasteiger partial charge in [-0.25, -0.2) is 19.9 Å². The van der Waals surface area contributed by atoms with Gasteiger partial charge in [-0.05, 0) is 57.4 Å². The molecule has 0 saturated carbocycles. The number of benzene rings is 1. The number of nitrogens with zero attached hydrogens (tertiary/aromatic N) is 6. The molecule has 8 heteroatoms. The van der Waals surface area contributed by atoms with Crippen LogP contribution in [0.2, 0.25) is 0 Å². The molecule has 0 N–H and O–H groups in total. The quantitative estimate of drug-likeness (QED) is 0.404. The van der Waals surface area contributed by atoms with Gasteiger partial charge in [-0.15, -0.1) is 0 Å². The highest BCUT2D eigenvalue weighted by Gasteiger charge is 2.32. The Morgan fingerprint density at radius 1 is 0.971 bits per heavy atom. The van der Waals surface area contributed by atoms with Crippen LogP contribution in [0.5, 0.6) is 11.6 Å². The molecule has 3 aromatic heterocycles. The summed E-state index contributed by atoms with van der Waals surface area (Å²) in [5, 5.41) is 0. The number of hydrogen-bond acceptors (Lipinski definition) is 7. The lowest BCUT2D eigenvalue weighted by Gasteiger charge is -2.34. The number of aromatic nitrogens is 5. The average Bonchev–Trinajstić information content (AvgIpc) is 2.90. The standard InChI is InChI=1S/C27H26N6O2/c1-18-9-11-21(12-10-18)35-25-14-19(2)30-26(32-25)24-8-3-4-13-33(24)27(34)23-7-5-6-22(31-23)20-15-28-17-29-16-20/h5-7,9-12,14-17,24H,3-4,8,13H2,1-2H3/t24-/m0/s1. The molecule has 0 radical (unpaired) electrons. The maximum Gasteiger partial charge on any atom is 0.273 e. The third-order valence-corrected chi connectivity index (χ3v) is 5.98. The summed E-state index contributed by atoms with van der Waals surface area (Å²) in [5.41, 5.74) is 3.75. The molecule has 1 aromatic carbocycles. The van der Waals surface area contributed by atoms with E-state index in [0.717, 1.165) is 36.1 Å². The third-order valence-electron chi connectivity index (χ3n) is 5.98. The lowest BCUT2D eigenvalue weighted by molar-refractivity contribution is 0.0592. The smallest absolute Gasteiger partial charge is 0.273 e. The first-order valence-corrected chi connectivity index (χ1v) is 11.7. The molecule has 1 atom stereocenters. The van der Waals surface area contributed by atoms with Gasteiger partial charge in [0.2, 0.25) is 5.88 Å². The summed E-state index contributed by atoms with van der Waals surface area (Å²) in [6.45, 7) is 4.56. The van der Waals surface area contributed by atoms with Crippen molar-refractivity contribution in [2.75, 3.05) is 6.54 Å². The van der Waals surface area contributed by atoms with E-state index in [1.54, 1.807) is 18.5 Å². The number of hydrogen-bond donors (Lipinski definition) is 0. The number of piperidine rings is 1. The number of carbonyl (C=O) groups is 1. The maximum absolute atomic E-state index is 13.6. The first-order valence-electron chi connectivity index (χ1n) is 11.7. The molecule has 1 aliphatic rings. The monoisotopic (exact) mass is 466 g/mol. The molecule has 4 aromatic rings. The predicted molar refractivity (Wildman–Crippen MR) is 131 cm³/mol. The largest absolute Gasteiger partial charge is 0.439 e. The molecular formula is C27H26N6O2. The van der Waals surface area contributed by atoms with Crippen LogP contribution >= 0.6 is 0 Å². The van der Waals surface area contributed by atoms with E-state index >= 15 is 0 Å². The van der Waals surface area contributed by atoms with Gasteiger partial charge >= 0.3 is 0 Å². The molecule has 4 heterocycles. The minimum absolute atomic E-state index is 0.139. The first-order chi connectivity index (χ1) is 17.1. The van der Waals surface area contributed by atoms with Crippen molar-refractivity contribution in [3.8, 4) is 22.9 Å². The highest BCUT2D eigenvalue weighted by atomic mass is 16.5. The number of rotatable bonds is 5. The molecule has 5 rings (SSSR count). The second-order valence-electron chi connectivity index (χ2n) is 8.67. The van der Waals surface area contributed by atoms with Crippen molar-refractivity contribution in [1.82, 2.24) is 29.8 Å². The zero-order chi connectivity index (χ0) is 24.2. The average molecular weight is 467 g/mol. The molecule has 1 aliphatic heterocycles. The number of amides is 1. The van der Waals surface area contributed by atoms with Crippen LogP contribution in [-0.2, 0) is 0 Å². The van der Waals surface area contributed by atoms with E-state index in [1.807, 2.05) is 61.2 Å². The molecule has 0 bridgehead atoms. The Morgan fingerprint density at radius 3 is 2.57 bits per heavy atom. The Labute approximate surface area is 204 Å². The second-order valence-corrected chi connectivity index (χ2v) is 8.67. The maximum atomic E-state index is 13.6. The van der Waals surface area contributed by atoms with Crippen LogP contribution in [0.1, 0.15) is 52.9 Å². The van der Waals surface area contributed by atoms with E-state index in [2.05, 4.69) is 19.9 Å². The van der Waals surface area contributed by atoms with Gasteiger partial charge in [0, 0.05) is 36.3 Å². The summed E-state index contributed by atoms with van der Waals surface area (Å²) in [6.07, 6.45) is 7.54. The summed E-state index contributed by atoms with van der Waals surface area (Å²) < 4.78 is 6.01. The lowest BCUT2D eigenvalue weighted by Crippen LogP contribution is -2.39.